The van der Waals surface area contributed by atoms with Crippen LogP contribution in [-0.4, -0.2) is 38.8 Å². The quantitative estimate of drug-likeness (QED) is 0.702. The molecule has 16 heavy (non-hydrogen) atoms. The van der Waals surface area contributed by atoms with Crippen LogP contribution in [0, 0.1) is 0 Å². The van der Waals surface area contributed by atoms with Gasteiger partial charge in [-0.15, -0.1) is 0 Å². The van der Waals surface area contributed by atoms with Crippen molar-refractivity contribution in [3.8, 4) is 0 Å². The third kappa shape index (κ3) is 3.79. The lowest BCUT2D eigenvalue weighted by Gasteiger charge is -2.20. The summed E-state index contributed by atoms with van der Waals surface area (Å²) in [5.41, 5.74) is 6.80. The summed E-state index contributed by atoms with van der Waals surface area (Å²) in [6.45, 7) is 2.39. The molecule has 0 spiro atoms. The van der Waals surface area contributed by atoms with Gasteiger partial charge in [0, 0.05) is 33.5 Å². The highest BCUT2D eigenvalue weighted by molar-refractivity contribution is 5.46. The molecule has 0 radical (unpaired) electrons. The molecule has 0 saturated heterocycles. The highest BCUT2D eigenvalue weighted by atomic mass is 16.5. The number of nitrogens with two attached hydrogens (primary N) is 1. The maximum atomic E-state index is 5.58. The summed E-state index contributed by atoms with van der Waals surface area (Å²) >= 11 is 0. The van der Waals surface area contributed by atoms with Gasteiger partial charge in [-0.2, -0.15) is 0 Å². The molecule has 1 aromatic rings. The van der Waals surface area contributed by atoms with E-state index in [4.69, 9.17) is 10.5 Å². The average Bonchev–Trinajstić information content (AvgIpc) is 2.30. The van der Waals surface area contributed by atoms with Crippen LogP contribution in [0.3, 0.4) is 0 Å². The molecule has 1 heterocycles. The van der Waals surface area contributed by atoms with Gasteiger partial charge < -0.3 is 15.4 Å². The van der Waals surface area contributed by atoms with Crippen molar-refractivity contribution in [1.82, 2.24) is 4.98 Å². The molecule has 0 atom stereocenters. The Morgan fingerprint density at radius 2 is 2.31 bits per heavy atom. The zero-order chi connectivity index (χ0) is 11.8. The minimum atomic E-state index is 0.657. The number of methoxy groups -OCH3 is 1. The smallest absolute Gasteiger partial charge is 0.131 e. The second-order valence-corrected chi connectivity index (χ2v) is 3.79. The molecule has 4 heteroatoms. The number of hydrogen-bond acceptors (Lipinski definition) is 4. The van der Waals surface area contributed by atoms with E-state index in [1.54, 1.807) is 7.11 Å². The monoisotopic (exact) mass is 223 g/mol. The summed E-state index contributed by atoms with van der Waals surface area (Å²) in [5.74, 6) is 1.03. The number of rotatable bonds is 7. The molecule has 2 N–H and O–H groups in total. The van der Waals surface area contributed by atoms with Crippen LogP contribution in [0.25, 0.3) is 0 Å². The lowest BCUT2D eigenvalue weighted by Crippen LogP contribution is -2.22. The molecule has 90 valence electrons. The normalized spacial score (nSPS) is 10.4. The fourth-order valence-corrected chi connectivity index (χ4v) is 1.68. The molecule has 0 saturated carbocycles. The van der Waals surface area contributed by atoms with Crippen molar-refractivity contribution in [2.24, 2.45) is 5.73 Å². The summed E-state index contributed by atoms with van der Waals surface area (Å²) in [6, 6.07) is 4.04. The fourth-order valence-electron chi connectivity index (χ4n) is 1.68. The summed E-state index contributed by atoms with van der Waals surface area (Å²) in [4.78, 5) is 6.56. The number of hydrogen-bond donors (Lipinski definition) is 1. The SMILES string of the molecule is COCCCN(C)c1ncccc1CCN. The van der Waals surface area contributed by atoms with Crippen LogP contribution in [0.4, 0.5) is 5.82 Å². The Bertz CT molecular complexity index is 304. The van der Waals surface area contributed by atoms with Crippen LogP contribution < -0.4 is 10.6 Å². The van der Waals surface area contributed by atoms with Crippen LogP contribution in [0.15, 0.2) is 18.3 Å². The van der Waals surface area contributed by atoms with Crippen molar-refractivity contribution in [1.29, 1.82) is 0 Å². The average molecular weight is 223 g/mol. The zero-order valence-corrected chi connectivity index (χ0v) is 10.1. The number of anilines is 1. The first-order chi connectivity index (χ1) is 7.79. The van der Waals surface area contributed by atoms with Crippen LogP contribution in [0.5, 0.6) is 0 Å². The lowest BCUT2D eigenvalue weighted by molar-refractivity contribution is 0.196. The topological polar surface area (TPSA) is 51.4 Å². The maximum absolute atomic E-state index is 5.58. The number of ether oxygens (including phenoxy) is 1. The molecule has 0 aliphatic rings. The summed E-state index contributed by atoms with van der Waals surface area (Å²) < 4.78 is 5.04. The van der Waals surface area contributed by atoms with Crippen molar-refractivity contribution >= 4 is 5.82 Å². The lowest BCUT2D eigenvalue weighted by atomic mass is 10.2. The van der Waals surface area contributed by atoms with Gasteiger partial charge in [0.05, 0.1) is 0 Å². The Morgan fingerprint density at radius 1 is 1.50 bits per heavy atom. The second kappa shape index (κ2) is 7.19. The molecule has 1 rings (SSSR count). The van der Waals surface area contributed by atoms with E-state index in [0.717, 1.165) is 31.8 Å². The third-order valence-electron chi connectivity index (χ3n) is 2.48. The van der Waals surface area contributed by atoms with E-state index in [-0.39, 0.29) is 0 Å². The van der Waals surface area contributed by atoms with Gasteiger partial charge in [-0.05, 0) is 31.0 Å². The molecule has 4 nitrogen and oxygen atoms in total. The van der Waals surface area contributed by atoms with E-state index in [0.29, 0.717) is 6.54 Å². The standard InChI is InChI=1S/C12H21N3O/c1-15(9-4-10-16-2)12-11(6-7-13)5-3-8-14-12/h3,5,8H,4,6-7,9-10,13H2,1-2H3. The minimum absolute atomic E-state index is 0.657. The Morgan fingerprint density at radius 3 is 3.00 bits per heavy atom. The highest BCUT2D eigenvalue weighted by Crippen LogP contribution is 2.16. The first-order valence-corrected chi connectivity index (χ1v) is 5.63. The van der Waals surface area contributed by atoms with E-state index >= 15 is 0 Å². The summed E-state index contributed by atoms with van der Waals surface area (Å²) in [5, 5.41) is 0. The number of nitrogens with zero attached hydrogens (tertiary/aromatic N) is 2. The molecule has 0 unspecified atom stereocenters. The summed E-state index contributed by atoms with van der Waals surface area (Å²) in [6.07, 6.45) is 3.70. The molecule has 0 bridgehead atoms. The van der Waals surface area contributed by atoms with E-state index in [1.807, 2.05) is 12.3 Å². The first-order valence-electron chi connectivity index (χ1n) is 5.63. The zero-order valence-electron chi connectivity index (χ0n) is 10.1. The van der Waals surface area contributed by atoms with Gasteiger partial charge in [0.15, 0.2) is 0 Å². The Hall–Kier alpha value is -1.13. The van der Waals surface area contributed by atoms with Gasteiger partial charge in [0.1, 0.15) is 5.82 Å². The first kappa shape index (κ1) is 12.9. The maximum Gasteiger partial charge on any atom is 0.131 e. The molecule has 0 aliphatic heterocycles. The van der Waals surface area contributed by atoms with Gasteiger partial charge >= 0.3 is 0 Å². The van der Waals surface area contributed by atoms with Crippen molar-refractivity contribution in [2.75, 3.05) is 38.8 Å². The van der Waals surface area contributed by atoms with E-state index < -0.39 is 0 Å². The van der Waals surface area contributed by atoms with E-state index in [2.05, 4.69) is 23.0 Å². The van der Waals surface area contributed by atoms with Gasteiger partial charge in [-0.25, -0.2) is 4.98 Å². The molecule has 0 fully saturated rings. The third-order valence-corrected chi connectivity index (χ3v) is 2.48. The summed E-state index contributed by atoms with van der Waals surface area (Å²) in [7, 11) is 3.78. The van der Waals surface area contributed by atoms with Crippen molar-refractivity contribution in [2.45, 2.75) is 12.8 Å². The predicted octanol–water partition coefficient (Wildman–Crippen LogP) is 1.06. The van der Waals surface area contributed by atoms with Gasteiger partial charge in [0.25, 0.3) is 0 Å². The van der Waals surface area contributed by atoms with E-state index in [1.165, 1.54) is 5.56 Å². The number of aromatic nitrogens is 1. The van der Waals surface area contributed by atoms with E-state index in [9.17, 15) is 0 Å². The molecule has 0 aromatic carbocycles. The van der Waals surface area contributed by atoms with Gasteiger partial charge in [-0.1, -0.05) is 6.07 Å². The molecular weight excluding hydrogens is 202 g/mol. The van der Waals surface area contributed by atoms with Crippen LogP contribution >= 0.6 is 0 Å². The van der Waals surface area contributed by atoms with Crippen LogP contribution in [0.2, 0.25) is 0 Å². The van der Waals surface area contributed by atoms with Crippen LogP contribution in [-0.2, 0) is 11.2 Å². The highest BCUT2D eigenvalue weighted by Gasteiger charge is 2.07. The second-order valence-electron chi connectivity index (χ2n) is 3.79. The fraction of sp³-hybridized carbons (Fsp3) is 0.583. The minimum Gasteiger partial charge on any atom is -0.385 e. The van der Waals surface area contributed by atoms with Crippen molar-refractivity contribution < 1.29 is 4.74 Å². The van der Waals surface area contributed by atoms with Crippen molar-refractivity contribution in [3.05, 3.63) is 23.9 Å². The Balaban J connectivity index is 2.62. The molecule has 1 aromatic heterocycles. The largest absolute Gasteiger partial charge is 0.385 e. The Kier molecular flexibility index (Phi) is 5.82. The van der Waals surface area contributed by atoms with Crippen molar-refractivity contribution in [3.63, 3.8) is 0 Å². The molecular formula is C12H21N3O. The molecule has 0 aliphatic carbocycles. The number of pyridine rings is 1. The van der Waals surface area contributed by atoms with Crippen LogP contribution in [0.1, 0.15) is 12.0 Å². The Labute approximate surface area is 97.4 Å². The van der Waals surface area contributed by atoms with Gasteiger partial charge in [-0.3, -0.25) is 0 Å². The predicted molar refractivity (Wildman–Crippen MR) is 66.8 cm³/mol. The van der Waals surface area contributed by atoms with Gasteiger partial charge in [0.2, 0.25) is 0 Å². The molecule has 0 amide bonds.